The molecule has 1 heterocycles. The lowest BCUT2D eigenvalue weighted by Crippen LogP contribution is -2.16. The third-order valence-electron chi connectivity index (χ3n) is 2.45. The molecule has 0 bridgehead atoms. The van der Waals surface area contributed by atoms with Crippen LogP contribution in [0, 0.1) is 0 Å². The van der Waals surface area contributed by atoms with Gasteiger partial charge in [0.2, 0.25) is 9.45 Å². The first-order chi connectivity index (χ1) is 7.58. The predicted octanol–water partition coefficient (Wildman–Crippen LogP) is 4.18. The van der Waals surface area contributed by atoms with Crippen molar-refractivity contribution in [1.29, 1.82) is 0 Å². The number of unbranched alkanes of at least 4 members (excludes halogenated alkanes) is 5. The van der Waals surface area contributed by atoms with E-state index in [0.29, 0.717) is 5.70 Å². The van der Waals surface area contributed by atoms with Crippen LogP contribution >= 0.6 is 35.1 Å². The summed E-state index contributed by atoms with van der Waals surface area (Å²) in [6.07, 6.45) is 8.93. The Kier molecular flexibility index (Phi) is 6.01. The molecule has 0 saturated carbocycles. The van der Waals surface area contributed by atoms with Gasteiger partial charge < -0.3 is 4.72 Å². The lowest BCUT2D eigenvalue weighted by molar-refractivity contribution is -0.114. The summed E-state index contributed by atoms with van der Waals surface area (Å²) in [7, 11) is 0. The number of carbonyl (C=O) groups excluding carboxylic acids is 1. The van der Waals surface area contributed by atoms with Gasteiger partial charge in [0.15, 0.2) is 0 Å². The summed E-state index contributed by atoms with van der Waals surface area (Å²) in [5.74, 6) is -0.227. The highest BCUT2D eigenvalue weighted by Gasteiger charge is 2.43. The van der Waals surface area contributed by atoms with Gasteiger partial charge in [0, 0.05) is 0 Å². The average molecular weight is 282 g/mol. The van der Waals surface area contributed by atoms with Gasteiger partial charge >= 0.3 is 0 Å². The van der Waals surface area contributed by atoms with Gasteiger partial charge in [-0.1, -0.05) is 61.9 Å². The smallest absolute Gasteiger partial charge is 0.245 e. The zero-order valence-corrected chi connectivity index (χ0v) is 11.7. The van der Waals surface area contributed by atoms with Crippen LogP contribution in [0.25, 0.3) is 0 Å². The fourth-order valence-corrected chi connectivity index (χ4v) is 2.55. The van der Waals surface area contributed by atoms with Crippen LogP contribution in [0.15, 0.2) is 11.8 Å². The molecule has 0 radical (unpaired) electrons. The molecule has 92 valence electrons. The molecular weight excluding hydrogens is 265 g/mol. The molecule has 0 atom stereocenters. The minimum absolute atomic E-state index is 0.227. The van der Waals surface area contributed by atoms with E-state index >= 15 is 0 Å². The predicted molar refractivity (Wildman–Crippen MR) is 71.6 cm³/mol. The summed E-state index contributed by atoms with van der Waals surface area (Å²) in [6.45, 7) is 2.20. The van der Waals surface area contributed by atoms with Crippen molar-refractivity contribution in [2.45, 2.75) is 49.1 Å². The zero-order chi connectivity index (χ0) is 12.0. The summed E-state index contributed by atoms with van der Waals surface area (Å²) >= 11 is 12.6. The Morgan fingerprint density at radius 1 is 1.31 bits per heavy atom. The Hall–Kier alpha value is 0.140. The van der Waals surface area contributed by atoms with Crippen LogP contribution in [0.3, 0.4) is 0 Å². The number of halogens is 2. The molecule has 1 aliphatic heterocycles. The highest BCUT2D eigenvalue weighted by Crippen LogP contribution is 2.41. The Balaban J connectivity index is 2.23. The van der Waals surface area contributed by atoms with Crippen molar-refractivity contribution >= 4 is 40.9 Å². The molecule has 1 saturated heterocycles. The number of hydrogen-bond donors (Lipinski definition) is 1. The fourth-order valence-electron chi connectivity index (χ4n) is 1.50. The first kappa shape index (κ1) is 14.2. The Morgan fingerprint density at radius 2 is 2.00 bits per heavy atom. The first-order valence-electron chi connectivity index (χ1n) is 5.64. The topological polar surface area (TPSA) is 29.1 Å². The Bertz CT molecular complexity index is 279. The molecule has 0 aromatic rings. The lowest BCUT2D eigenvalue weighted by atomic mass is 10.1. The first-order valence-corrected chi connectivity index (χ1v) is 7.22. The van der Waals surface area contributed by atoms with Crippen molar-refractivity contribution in [3.8, 4) is 0 Å². The lowest BCUT2D eigenvalue weighted by Gasteiger charge is -2.02. The van der Waals surface area contributed by atoms with E-state index in [1.807, 2.05) is 6.08 Å². The third-order valence-corrected chi connectivity index (χ3v) is 4.02. The molecule has 0 spiro atoms. The molecule has 1 aliphatic rings. The monoisotopic (exact) mass is 281 g/mol. The fraction of sp³-hybridized carbons (Fsp3) is 0.727. The number of hydrogen-bond acceptors (Lipinski definition) is 3. The molecule has 0 unspecified atom stereocenters. The molecule has 0 aromatic heterocycles. The van der Waals surface area contributed by atoms with Crippen LogP contribution in [-0.4, -0.2) is 9.45 Å². The summed E-state index contributed by atoms with van der Waals surface area (Å²) in [6, 6.07) is 0. The number of ketones is 1. The van der Waals surface area contributed by atoms with E-state index in [1.165, 1.54) is 25.7 Å². The molecular formula is C11H17Cl2NOS. The maximum atomic E-state index is 11.6. The largest absolute Gasteiger partial charge is 0.324 e. The summed E-state index contributed by atoms with van der Waals surface area (Å²) < 4.78 is 1.52. The van der Waals surface area contributed by atoms with Crippen molar-refractivity contribution in [1.82, 2.24) is 4.72 Å². The van der Waals surface area contributed by atoms with E-state index in [1.54, 1.807) is 0 Å². The van der Waals surface area contributed by atoms with E-state index in [9.17, 15) is 4.79 Å². The quantitative estimate of drug-likeness (QED) is 0.343. The van der Waals surface area contributed by atoms with Gasteiger partial charge in [0.25, 0.3) is 0 Å². The summed E-state index contributed by atoms with van der Waals surface area (Å²) in [5.41, 5.74) is 0.547. The Morgan fingerprint density at radius 3 is 2.56 bits per heavy atom. The van der Waals surface area contributed by atoms with Crippen LogP contribution in [0.4, 0.5) is 0 Å². The van der Waals surface area contributed by atoms with E-state index in [0.717, 1.165) is 24.8 Å². The van der Waals surface area contributed by atoms with Gasteiger partial charge in [-0.25, -0.2) is 0 Å². The van der Waals surface area contributed by atoms with E-state index in [4.69, 9.17) is 23.2 Å². The highest BCUT2D eigenvalue weighted by atomic mass is 35.5. The van der Waals surface area contributed by atoms with Crippen molar-refractivity contribution in [2.75, 3.05) is 0 Å². The van der Waals surface area contributed by atoms with Crippen molar-refractivity contribution in [2.24, 2.45) is 0 Å². The van der Waals surface area contributed by atoms with E-state index < -0.39 is 3.67 Å². The molecule has 16 heavy (non-hydrogen) atoms. The van der Waals surface area contributed by atoms with Gasteiger partial charge in [0.1, 0.15) is 0 Å². The maximum Gasteiger partial charge on any atom is 0.245 e. The molecule has 0 aliphatic carbocycles. The number of carbonyl (C=O) groups is 1. The molecule has 1 N–H and O–H groups in total. The average Bonchev–Trinajstić information content (AvgIpc) is 2.50. The molecule has 1 rings (SSSR count). The minimum atomic E-state index is -1.34. The normalized spacial score (nSPS) is 21.4. The third kappa shape index (κ3) is 4.19. The molecule has 2 nitrogen and oxygen atoms in total. The second-order valence-electron chi connectivity index (χ2n) is 3.87. The number of Topliss-reactive ketones (excluding diaryl/α,β-unsaturated/α-hetero) is 1. The number of nitrogens with one attached hydrogen (secondary N) is 1. The van der Waals surface area contributed by atoms with Gasteiger partial charge in [-0.3, -0.25) is 4.79 Å². The van der Waals surface area contributed by atoms with Gasteiger partial charge in [-0.2, -0.15) is 0 Å². The van der Waals surface area contributed by atoms with Crippen LogP contribution in [0.2, 0.25) is 0 Å². The van der Waals surface area contributed by atoms with Crippen molar-refractivity contribution < 1.29 is 4.79 Å². The maximum absolute atomic E-state index is 11.6. The number of alkyl halides is 2. The minimum Gasteiger partial charge on any atom is -0.324 e. The SMILES string of the molecule is CCCCCCCC=C1NSC(Cl)(Cl)C1=O. The van der Waals surface area contributed by atoms with E-state index in [-0.39, 0.29) is 5.78 Å². The van der Waals surface area contributed by atoms with Crippen LogP contribution in [0.1, 0.15) is 45.4 Å². The van der Waals surface area contributed by atoms with Gasteiger partial charge in [0.05, 0.1) is 5.70 Å². The second-order valence-corrected chi connectivity index (χ2v) is 6.67. The highest BCUT2D eigenvalue weighted by molar-refractivity contribution is 8.03. The second kappa shape index (κ2) is 6.77. The summed E-state index contributed by atoms with van der Waals surface area (Å²) in [5, 5.41) is 0. The van der Waals surface area contributed by atoms with Crippen molar-refractivity contribution in [3.63, 3.8) is 0 Å². The van der Waals surface area contributed by atoms with Crippen LogP contribution < -0.4 is 4.72 Å². The zero-order valence-electron chi connectivity index (χ0n) is 9.39. The van der Waals surface area contributed by atoms with Crippen molar-refractivity contribution in [3.05, 3.63) is 11.8 Å². The van der Waals surface area contributed by atoms with Crippen LogP contribution in [0.5, 0.6) is 0 Å². The molecule has 0 amide bonds. The van der Waals surface area contributed by atoms with Gasteiger partial charge in [-0.15, -0.1) is 0 Å². The molecule has 1 fully saturated rings. The van der Waals surface area contributed by atoms with Crippen LogP contribution in [-0.2, 0) is 4.79 Å². The standard InChI is InChI=1S/C11H17Cl2NOS/c1-2-3-4-5-6-7-8-9-10(15)11(12,13)16-14-9/h8,14H,2-7H2,1H3. The summed E-state index contributed by atoms with van der Waals surface area (Å²) in [4.78, 5) is 11.6. The molecule has 5 heteroatoms. The van der Waals surface area contributed by atoms with E-state index in [2.05, 4.69) is 11.6 Å². The number of allylic oxidation sites excluding steroid dienone is 2. The van der Waals surface area contributed by atoms with Gasteiger partial charge in [-0.05, 0) is 24.8 Å². The number of rotatable bonds is 6. The molecule has 0 aromatic carbocycles. The Labute approximate surface area is 111 Å².